The van der Waals surface area contributed by atoms with E-state index < -0.39 is 0 Å². The third kappa shape index (κ3) is 4.89. The van der Waals surface area contributed by atoms with Crippen LogP contribution in [0, 0.1) is 6.92 Å². The number of aromatic nitrogens is 2. The number of halogens is 1. The van der Waals surface area contributed by atoms with Crippen LogP contribution in [-0.4, -0.2) is 21.2 Å². The van der Waals surface area contributed by atoms with Crippen LogP contribution in [0.15, 0.2) is 94.9 Å². The largest absolute Gasteiger partial charge is 0.325 e. The van der Waals surface area contributed by atoms with E-state index in [1.54, 1.807) is 28.8 Å². The summed E-state index contributed by atoms with van der Waals surface area (Å²) in [5, 5.41) is 4.45. The van der Waals surface area contributed by atoms with Crippen LogP contribution in [0.3, 0.4) is 0 Å². The van der Waals surface area contributed by atoms with Gasteiger partial charge in [0.1, 0.15) is 4.83 Å². The lowest BCUT2D eigenvalue weighted by Gasteiger charge is -2.13. The van der Waals surface area contributed by atoms with Crippen LogP contribution in [0.2, 0.25) is 5.02 Å². The lowest BCUT2D eigenvalue weighted by atomic mass is 10.0. The van der Waals surface area contributed by atoms with Gasteiger partial charge in [-0.25, -0.2) is 4.98 Å². The molecule has 0 aliphatic heterocycles. The molecule has 5 nitrogen and oxygen atoms in total. The van der Waals surface area contributed by atoms with Gasteiger partial charge in [0.15, 0.2) is 5.16 Å². The molecule has 8 heteroatoms. The Morgan fingerprint density at radius 2 is 1.74 bits per heavy atom. The van der Waals surface area contributed by atoms with Crippen molar-refractivity contribution in [3.8, 4) is 16.8 Å². The Hall–Kier alpha value is -3.39. The van der Waals surface area contributed by atoms with Gasteiger partial charge in [-0.3, -0.25) is 14.2 Å². The van der Waals surface area contributed by atoms with Gasteiger partial charge in [0.05, 0.1) is 16.8 Å². The molecule has 0 atom stereocenters. The van der Waals surface area contributed by atoms with E-state index in [4.69, 9.17) is 16.6 Å². The molecule has 5 aromatic rings. The van der Waals surface area contributed by atoms with E-state index >= 15 is 0 Å². The molecule has 1 amide bonds. The minimum Gasteiger partial charge on any atom is -0.325 e. The van der Waals surface area contributed by atoms with Crippen molar-refractivity contribution < 1.29 is 4.79 Å². The van der Waals surface area contributed by atoms with Crippen LogP contribution >= 0.6 is 34.7 Å². The van der Waals surface area contributed by atoms with Crippen molar-refractivity contribution in [2.24, 2.45) is 0 Å². The molecule has 1 N–H and O–H groups in total. The molecule has 0 aliphatic carbocycles. The van der Waals surface area contributed by atoms with Gasteiger partial charge in [-0.1, -0.05) is 78.0 Å². The van der Waals surface area contributed by atoms with Gasteiger partial charge in [-0.15, -0.1) is 11.3 Å². The summed E-state index contributed by atoms with van der Waals surface area (Å²) < 4.78 is 1.60. The first-order valence-electron chi connectivity index (χ1n) is 10.9. The Morgan fingerprint density at radius 1 is 1.03 bits per heavy atom. The number of rotatable bonds is 6. The number of aryl methyl sites for hydroxylation is 1. The number of anilines is 1. The highest BCUT2D eigenvalue weighted by atomic mass is 35.5. The SMILES string of the molecule is Cc1sc2nc(SCC(=O)Nc3cccc(Cl)c3)n(-c3ccccc3)c(=O)c2c1-c1ccccc1. The minimum absolute atomic E-state index is 0.0905. The van der Waals surface area contributed by atoms with Crippen LogP contribution in [0.25, 0.3) is 27.0 Å². The van der Waals surface area contributed by atoms with Crippen molar-refractivity contribution in [1.82, 2.24) is 9.55 Å². The fourth-order valence-electron chi connectivity index (χ4n) is 3.89. The number of fused-ring (bicyclic) bond motifs is 1. The van der Waals surface area contributed by atoms with Gasteiger partial charge in [0.2, 0.25) is 5.91 Å². The zero-order valence-electron chi connectivity index (χ0n) is 18.7. The number of thiophene rings is 1. The van der Waals surface area contributed by atoms with Gasteiger partial charge in [0.25, 0.3) is 5.56 Å². The Kier molecular flexibility index (Phi) is 6.72. The summed E-state index contributed by atoms with van der Waals surface area (Å²) in [6.45, 7) is 2.01. The van der Waals surface area contributed by atoms with Crippen molar-refractivity contribution in [2.45, 2.75) is 12.1 Å². The van der Waals surface area contributed by atoms with Crippen molar-refractivity contribution >= 4 is 56.5 Å². The third-order valence-electron chi connectivity index (χ3n) is 5.39. The summed E-state index contributed by atoms with van der Waals surface area (Å²) in [5.74, 6) is -0.119. The molecule has 5 rings (SSSR count). The number of amides is 1. The molecule has 2 aromatic heterocycles. The predicted molar refractivity (Wildman–Crippen MR) is 146 cm³/mol. The van der Waals surface area contributed by atoms with Crippen molar-refractivity contribution in [1.29, 1.82) is 0 Å². The Labute approximate surface area is 215 Å². The topological polar surface area (TPSA) is 64.0 Å². The molecule has 3 aromatic carbocycles. The maximum atomic E-state index is 13.9. The average molecular weight is 518 g/mol. The van der Waals surface area contributed by atoms with Crippen molar-refractivity contribution in [3.05, 3.63) is 105 Å². The van der Waals surface area contributed by atoms with Crippen LogP contribution in [0.4, 0.5) is 5.69 Å². The summed E-state index contributed by atoms with van der Waals surface area (Å²) in [6, 6.07) is 26.3. The third-order valence-corrected chi connectivity index (χ3v) is 7.56. The van der Waals surface area contributed by atoms with Gasteiger partial charge in [-0.2, -0.15) is 0 Å². The van der Waals surface area contributed by atoms with Crippen LogP contribution in [0.1, 0.15) is 4.88 Å². The fourth-order valence-corrected chi connectivity index (χ4v) is 5.98. The van der Waals surface area contributed by atoms with Crippen LogP contribution in [-0.2, 0) is 4.79 Å². The van der Waals surface area contributed by atoms with Gasteiger partial charge >= 0.3 is 0 Å². The number of benzene rings is 3. The number of para-hydroxylation sites is 1. The van der Waals surface area contributed by atoms with E-state index in [1.165, 1.54) is 23.1 Å². The maximum Gasteiger partial charge on any atom is 0.268 e. The lowest BCUT2D eigenvalue weighted by molar-refractivity contribution is -0.113. The summed E-state index contributed by atoms with van der Waals surface area (Å²) in [6.07, 6.45) is 0. The molecule has 35 heavy (non-hydrogen) atoms. The molecular formula is C27H20ClN3O2S2. The number of hydrogen-bond acceptors (Lipinski definition) is 5. The van der Waals surface area contributed by atoms with E-state index in [-0.39, 0.29) is 17.2 Å². The van der Waals surface area contributed by atoms with E-state index in [0.29, 0.717) is 31.8 Å². The Balaban J connectivity index is 1.57. The minimum atomic E-state index is -0.210. The quantitative estimate of drug-likeness (QED) is 0.198. The highest BCUT2D eigenvalue weighted by Crippen LogP contribution is 2.37. The van der Waals surface area contributed by atoms with E-state index in [9.17, 15) is 9.59 Å². The Morgan fingerprint density at radius 3 is 2.46 bits per heavy atom. The van der Waals surface area contributed by atoms with Crippen LogP contribution in [0.5, 0.6) is 0 Å². The highest BCUT2D eigenvalue weighted by molar-refractivity contribution is 7.99. The first-order valence-corrected chi connectivity index (χ1v) is 13.0. The molecule has 174 valence electrons. The Bertz CT molecular complexity index is 1580. The molecule has 0 unspecified atom stereocenters. The molecule has 0 bridgehead atoms. The smallest absolute Gasteiger partial charge is 0.268 e. The first-order chi connectivity index (χ1) is 17.0. The molecule has 0 fully saturated rings. The maximum absolute atomic E-state index is 13.9. The van der Waals surface area contributed by atoms with Crippen molar-refractivity contribution in [2.75, 3.05) is 11.1 Å². The predicted octanol–water partition coefficient (Wildman–Crippen LogP) is 6.81. The fraction of sp³-hybridized carbons (Fsp3) is 0.0741. The number of carbonyl (C=O) groups excluding carboxylic acids is 1. The molecule has 0 saturated carbocycles. The number of thioether (sulfide) groups is 1. The average Bonchev–Trinajstić information content (AvgIpc) is 3.20. The van der Waals surface area contributed by atoms with E-state index in [0.717, 1.165) is 16.0 Å². The molecule has 0 spiro atoms. The van der Waals surface area contributed by atoms with Crippen LogP contribution < -0.4 is 10.9 Å². The normalized spacial score (nSPS) is 11.0. The standard InChI is InChI=1S/C27H20ClN3O2S2/c1-17-23(18-9-4-2-5-10-18)24-25(35-17)30-27(31(26(24)33)21-13-6-3-7-14-21)34-16-22(32)29-20-12-8-11-19(28)15-20/h2-15H,16H2,1H3,(H,29,32). The zero-order chi connectivity index (χ0) is 24.4. The summed E-state index contributed by atoms with van der Waals surface area (Å²) in [4.78, 5) is 33.1. The second-order valence-corrected chi connectivity index (χ2v) is 10.4. The molecule has 0 saturated heterocycles. The highest BCUT2D eigenvalue weighted by Gasteiger charge is 2.21. The number of nitrogens with one attached hydrogen (secondary N) is 1. The van der Waals surface area contributed by atoms with E-state index in [1.807, 2.05) is 67.6 Å². The first kappa shape index (κ1) is 23.4. The van der Waals surface area contributed by atoms with Gasteiger partial charge < -0.3 is 5.32 Å². The van der Waals surface area contributed by atoms with E-state index in [2.05, 4.69) is 5.32 Å². The summed E-state index contributed by atoms with van der Waals surface area (Å²) in [5.41, 5.74) is 3.06. The molecule has 2 heterocycles. The van der Waals surface area contributed by atoms with Gasteiger partial charge in [0, 0.05) is 21.2 Å². The number of hydrogen-bond donors (Lipinski definition) is 1. The second kappa shape index (κ2) is 10.1. The lowest BCUT2D eigenvalue weighted by Crippen LogP contribution is -2.22. The number of carbonyl (C=O) groups is 1. The summed E-state index contributed by atoms with van der Waals surface area (Å²) >= 11 is 8.74. The zero-order valence-corrected chi connectivity index (χ0v) is 21.1. The van der Waals surface area contributed by atoms with Crippen molar-refractivity contribution in [3.63, 3.8) is 0 Å². The summed E-state index contributed by atoms with van der Waals surface area (Å²) in [7, 11) is 0. The number of nitrogens with zero attached hydrogens (tertiary/aromatic N) is 2. The molecule has 0 aliphatic rings. The van der Waals surface area contributed by atoms with Gasteiger partial charge in [-0.05, 0) is 42.8 Å². The monoisotopic (exact) mass is 517 g/mol. The molecule has 0 radical (unpaired) electrons. The second-order valence-electron chi connectivity index (χ2n) is 7.80. The molecular weight excluding hydrogens is 498 g/mol.